The van der Waals surface area contributed by atoms with Crippen molar-refractivity contribution in [2.75, 3.05) is 0 Å². The monoisotopic (exact) mass is 455 g/mol. The van der Waals surface area contributed by atoms with E-state index in [1.54, 1.807) is 41.9 Å². The number of aromatic amines is 1. The van der Waals surface area contributed by atoms with Gasteiger partial charge >= 0.3 is 0 Å². The molecular formula is C21H21N5O3S2. The summed E-state index contributed by atoms with van der Waals surface area (Å²) in [5.74, 6) is 1.03. The third kappa shape index (κ3) is 4.71. The molecule has 8 nitrogen and oxygen atoms in total. The molecule has 31 heavy (non-hydrogen) atoms. The average Bonchev–Trinajstić information content (AvgIpc) is 3.10. The lowest BCUT2D eigenvalue weighted by atomic mass is 10.1. The molecule has 0 radical (unpaired) electrons. The van der Waals surface area contributed by atoms with Gasteiger partial charge in [0.15, 0.2) is 5.16 Å². The Labute approximate surface area is 183 Å². The molecule has 2 aromatic heterocycles. The molecule has 160 valence electrons. The highest BCUT2D eigenvalue weighted by Crippen LogP contribution is 2.24. The van der Waals surface area contributed by atoms with Gasteiger partial charge in [0.2, 0.25) is 15.6 Å². The molecular weight excluding hydrogens is 434 g/mol. The first kappa shape index (κ1) is 21.3. The summed E-state index contributed by atoms with van der Waals surface area (Å²) in [5, 5.41) is 9.90. The average molecular weight is 456 g/mol. The van der Waals surface area contributed by atoms with Crippen LogP contribution >= 0.6 is 11.8 Å². The first-order valence-corrected chi connectivity index (χ1v) is 12.0. The SMILES string of the molecule is Cc1ccc(S(=O)(=O)NCc2nnc(SCc3cc(=O)[nH]c4ccccc34)n2C)cc1. The Morgan fingerprint density at radius 2 is 1.84 bits per heavy atom. The summed E-state index contributed by atoms with van der Waals surface area (Å²) in [6, 6.07) is 15.9. The van der Waals surface area contributed by atoms with Gasteiger partial charge in [0, 0.05) is 29.8 Å². The van der Waals surface area contributed by atoms with Gasteiger partial charge in [-0.15, -0.1) is 10.2 Å². The standard InChI is InChI=1S/C21H21N5O3S2/c1-14-7-9-16(10-8-14)31(28,29)22-12-19-24-25-21(26(19)2)30-13-15-11-20(27)23-18-6-4-3-5-17(15)18/h3-11,22H,12-13H2,1-2H3,(H,23,27). The van der Waals surface area contributed by atoms with E-state index in [2.05, 4.69) is 19.9 Å². The molecule has 0 aliphatic heterocycles. The number of pyridine rings is 1. The smallest absolute Gasteiger partial charge is 0.248 e. The van der Waals surface area contributed by atoms with E-state index in [1.807, 2.05) is 31.2 Å². The quantitative estimate of drug-likeness (QED) is 0.415. The van der Waals surface area contributed by atoms with Gasteiger partial charge in [-0.25, -0.2) is 13.1 Å². The molecule has 0 aliphatic rings. The molecule has 0 spiro atoms. The van der Waals surface area contributed by atoms with Crippen LogP contribution < -0.4 is 10.3 Å². The fourth-order valence-corrected chi connectivity index (χ4v) is 5.02. The fraction of sp³-hybridized carbons (Fsp3) is 0.190. The Hall–Kier alpha value is -2.95. The van der Waals surface area contributed by atoms with Gasteiger partial charge in [-0.3, -0.25) is 4.79 Å². The number of rotatable bonds is 7. The number of benzene rings is 2. The van der Waals surface area contributed by atoms with E-state index in [0.717, 1.165) is 22.0 Å². The van der Waals surface area contributed by atoms with Crippen molar-refractivity contribution in [2.24, 2.45) is 7.05 Å². The van der Waals surface area contributed by atoms with Crippen LogP contribution in [0.15, 0.2) is 69.4 Å². The van der Waals surface area contributed by atoms with Crippen LogP contribution in [0, 0.1) is 6.92 Å². The van der Waals surface area contributed by atoms with Crippen molar-refractivity contribution >= 4 is 32.7 Å². The molecule has 0 atom stereocenters. The summed E-state index contributed by atoms with van der Waals surface area (Å²) < 4.78 is 29.3. The molecule has 2 aromatic carbocycles. The van der Waals surface area contributed by atoms with Crippen LogP contribution in [0.4, 0.5) is 0 Å². The molecule has 0 bridgehead atoms. The first-order chi connectivity index (χ1) is 14.8. The summed E-state index contributed by atoms with van der Waals surface area (Å²) in [6.45, 7) is 1.92. The summed E-state index contributed by atoms with van der Waals surface area (Å²) in [7, 11) is -1.86. The number of aromatic nitrogens is 4. The van der Waals surface area contributed by atoms with Crippen molar-refractivity contribution in [2.45, 2.75) is 29.3 Å². The third-order valence-electron chi connectivity index (χ3n) is 4.87. The Balaban J connectivity index is 1.47. The van der Waals surface area contributed by atoms with Crippen molar-refractivity contribution in [3.05, 3.63) is 81.9 Å². The van der Waals surface area contributed by atoms with Crippen LogP contribution in [0.1, 0.15) is 17.0 Å². The Kier molecular flexibility index (Phi) is 5.94. The van der Waals surface area contributed by atoms with Crippen LogP contribution in [0.3, 0.4) is 0 Å². The van der Waals surface area contributed by atoms with E-state index in [-0.39, 0.29) is 17.0 Å². The molecule has 2 heterocycles. The van der Waals surface area contributed by atoms with Gasteiger partial charge in [0.25, 0.3) is 0 Å². The maximum absolute atomic E-state index is 12.5. The van der Waals surface area contributed by atoms with Crippen LogP contribution in [0.2, 0.25) is 0 Å². The van der Waals surface area contributed by atoms with E-state index in [1.165, 1.54) is 11.8 Å². The molecule has 10 heteroatoms. The number of sulfonamides is 1. The minimum atomic E-state index is -3.64. The Bertz CT molecular complexity index is 1390. The minimum absolute atomic E-state index is 0.0220. The molecule has 0 saturated heterocycles. The van der Waals surface area contributed by atoms with E-state index in [4.69, 9.17) is 0 Å². The maximum Gasteiger partial charge on any atom is 0.248 e. The van der Waals surface area contributed by atoms with E-state index >= 15 is 0 Å². The number of aryl methyl sites for hydroxylation is 1. The first-order valence-electron chi connectivity index (χ1n) is 9.52. The predicted molar refractivity (Wildman–Crippen MR) is 120 cm³/mol. The summed E-state index contributed by atoms with van der Waals surface area (Å²) in [5.41, 5.74) is 2.52. The number of hydrogen-bond acceptors (Lipinski definition) is 6. The number of hydrogen-bond donors (Lipinski definition) is 2. The maximum atomic E-state index is 12.5. The summed E-state index contributed by atoms with van der Waals surface area (Å²) in [6.07, 6.45) is 0. The fourth-order valence-electron chi connectivity index (χ4n) is 3.12. The third-order valence-corrected chi connectivity index (χ3v) is 7.36. The highest BCUT2D eigenvalue weighted by molar-refractivity contribution is 7.98. The molecule has 4 aromatic rings. The number of H-pyrrole nitrogens is 1. The van der Waals surface area contributed by atoms with Crippen LogP contribution in [-0.2, 0) is 29.4 Å². The van der Waals surface area contributed by atoms with Crippen LogP contribution in [-0.4, -0.2) is 28.2 Å². The Morgan fingerprint density at radius 1 is 1.10 bits per heavy atom. The zero-order valence-electron chi connectivity index (χ0n) is 17.0. The molecule has 0 unspecified atom stereocenters. The zero-order valence-corrected chi connectivity index (χ0v) is 18.6. The predicted octanol–water partition coefficient (Wildman–Crippen LogP) is 2.74. The Morgan fingerprint density at radius 3 is 2.61 bits per heavy atom. The van der Waals surface area contributed by atoms with E-state index in [9.17, 15) is 13.2 Å². The number of thioether (sulfide) groups is 1. The lowest BCUT2D eigenvalue weighted by molar-refractivity contribution is 0.576. The summed E-state index contributed by atoms with van der Waals surface area (Å²) >= 11 is 1.44. The van der Waals surface area contributed by atoms with Gasteiger partial charge in [-0.2, -0.15) is 0 Å². The molecule has 4 rings (SSSR count). The second kappa shape index (κ2) is 8.66. The van der Waals surface area contributed by atoms with Crippen molar-refractivity contribution in [3.8, 4) is 0 Å². The number of nitrogens with zero attached hydrogens (tertiary/aromatic N) is 3. The molecule has 2 N–H and O–H groups in total. The van der Waals surface area contributed by atoms with Crippen molar-refractivity contribution < 1.29 is 8.42 Å². The van der Waals surface area contributed by atoms with Gasteiger partial charge in [-0.1, -0.05) is 47.7 Å². The molecule has 0 amide bonds. The summed E-state index contributed by atoms with van der Waals surface area (Å²) in [4.78, 5) is 15.0. The van der Waals surface area contributed by atoms with Crippen LogP contribution in [0.25, 0.3) is 10.9 Å². The molecule has 0 aliphatic carbocycles. The second-order valence-electron chi connectivity index (χ2n) is 7.09. The number of nitrogens with one attached hydrogen (secondary N) is 2. The van der Waals surface area contributed by atoms with Gasteiger partial charge in [-0.05, 0) is 30.7 Å². The normalized spacial score (nSPS) is 11.8. The van der Waals surface area contributed by atoms with Gasteiger partial charge in [0.05, 0.1) is 11.4 Å². The van der Waals surface area contributed by atoms with Crippen molar-refractivity contribution in [3.63, 3.8) is 0 Å². The largest absolute Gasteiger partial charge is 0.322 e. The highest BCUT2D eigenvalue weighted by Gasteiger charge is 2.16. The van der Waals surface area contributed by atoms with Gasteiger partial charge < -0.3 is 9.55 Å². The zero-order chi connectivity index (χ0) is 22.0. The van der Waals surface area contributed by atoms with E-state index < -0.39 is 10.0 Å². The van der Waals surface area contributed by atoms with E-state index in [0.29, 0.717) is 16.7 Å². The number of fused-ring (bicyclic) bond motifs is 1. The van der Waals surface area contributed by atoms with Crippen molar-refractivity contribution in [1.29, 1.82) is 0 Å². The van der Waals surface area contributed by atoms with Crippen LogP contribution in [0.5, 0.6) is 0 Å². The second-order valence-corrected chi connectivity index (χ2v) is 9.80. The minimum Gasteiger partial charge on any atom is -0.322 e. The topological polar surface area (TPSA) is 110 Å². The van der Waals surface area contributed by atoms with Gasteiger partial charge in [0.1, 0.15) is 5.82 Å². The molecule has 0 fully saturated rings. The molecule has 0 saturated carbocycles. The lowest BCUT2D eigenvalue weighted by Gasteiger charge is -2.08. The number of para-hydroxylation sites is 1. The highest BCUT2D eigenvalue weighted by atomic mass is 32.2. The van der Waals surface area contributed by atoms with Crippen molar-refractivity contribution in [1.82, 2.24) is 24.5 Å². The lowest BCUT2D eigenvalue weighted by Crippen LogP contribution is -2.24.